The van der Waals surface area contributed by atoms with Gasteiger partial charge in [0, 0.05) is 6.04 Å². The van der Waals surface area contributed by atoms with E-state index < -0.39 is 0 Å². The van der Waals surface area contributed by atoms with Crippen LogP contribution in [0.5, 0.6) is 0 Å². The van der Waals surface area contributed by atoms with Gasteiger partial charge in [-0.05, 0) is 38.5 Å². The lowest BCUT2D eigenvalue weighted by Gasteiger charge is -2.10. The summed E-state index contributed by atoms with van der Waals surface area (Å²) in [5.41, 5.74) is 8.69. The Bertz CT molecular complexity index is 586. The van der Waals surface area contributed by atoms with Crippen molar-refractivity contribution in [1.82, 2.24) is 14.9 Å². The van der Waals surface area contributed by atoms with Crippen LogP contribution in [0.4, 0.5) is 5.95 Å². The number of anilines is 1. The van der Waals surface area contributed by atoms with E-state index in [1.165, 1.54) is 0 Å². The maximum absolute atomic E-state index is 11.8. The number of nitrogen functional groups attached to an aromatic ring is 1. The molecule has 5 heteroatoms. The van der Waals surface area contributed by atoms with Gasteiger partial charge in [-0.3, -0.25) is 4.79 Å². The summed E-state index contributed by atoms with van der Waals surface area (Å²) in [6.45, 7) is 6.05. The van der Waals surface area contributed by atoms with Gasteiger partial charge in [0.15, 0.2) is 0 Å². The number of fused-ring (bicyclic) bond motifs is 1. The number of amides is 1. The first kappa shape index (κ1) is 12.4. The van der Waals surface area contributed by atoms with E-state index in [-0.39, 0.29) is 18.5 Å². The summed E-state index contributed by atoms with van der Waals surface area (Å²) in [6, 6.07) is 6.01. The van der Waals surface area contributed by atoms with E-state index in [2.05, 4.69) is 10.3 Å². The molecule has 0 fully saturated rings. The van der Waals surface area contributed by atoms with Crippen molar-refractivity contribution in [3.63, 3.8) is 0 Å². The van der Waals surface area contributed by atoms with Gasteiger partial charge in [-0.25, -0.2) is 4.98 Å². The standard InChI is InChI=1S/C13H18N4O/c1-8(2)15-12(18)7-17-11-5-4-9(3)6-10(11)16-13(17)14/h4-6,8H,7H2,1-3H3,(H2,14,16)(H,15,18). The smallest absolute Gasteiger partial charge is 0.240 e. The topological polar surface area (TPSA) is 72.9 Å². The number of nitrogens with two attached hydrogens (primary N) is 1. The lowest BCUT2D eigenvalue weighted by molar-refractivity contribution is -0.122. The van der Waals surface area contributed by atoms with Gasteiger partial charge in [-0.15, -0.1) is 0 Å². The molecular formula is C13H18N4O. The fourth-order valence-corrected chi connectivity index (χ4v) is 1.94. The van der Waals surface area contributed by atoms with Crippen molar-refractivity contribution in [2.75, 3.05) is 5.73 Å². The minimum Gasteiger partial charge on any atom is -0.369 e. The summed E-state index contributed by atoms with van der Waals surface area (Å²) >= 11 is 0. The molecule has 2 aromatic rings. The van der Waals surface area contributed by atoms with Crippen molar-refractivity contribution in [1.29, 1.82) is 0 Å². The Morgan fingerprint density at radius 2 is 2.22 bits per heavy atom. The van der Waals surface area contributed by atoms with E-state index in [4.69, 9.17) is 5.73 Å². The lowest BCUT2D eigenvalue weighted by Crippen LogP contribution is -2.33. The van der Waals surface area contributed by atoms with Crippen LogP contribution in [0.2, 0.25) is 0 Å². The minimum absolute atomic E-state index is 0.0587. The summed E-state index contributed by atoms with van der Waals surface area (Å²) in [5.74, 6) is 0.311. The van der Waals surface area contributed by atoms with Crippen molar-refractivity contribution in [3.8, 4) is 0 Å². The Balaban J connectivity index is 2.33. The molecule has 18 heavy (non-hydrogen) atoms. The largest absolute Gasteiger partial charge is 0.369 e. The Hall–Kier alpha value is -2.04. The summed E-state index contributed by atoms with van der Waals surface area (Å²) < 4.78 is 1.73. The van der Waals surface area contributed by atoms with E-state index in [1.54, 1.807) is 4.57 Å². The number of hydrogen-bond acceptors (Lipinski definition) is 3. The molecule has 5 nitrogen and oxygen atoms in total. The summed E-state index contributed by atoms with van der Waals surface area (Å²) in [4.78, 5) is 16.0. The van der Waals surface area contributed by atoms with Crippen molar-refractivity contribution in [2.45, 2.75) is 33.4 Å². The van der Waals surface area contributed by atoms with E-state index in [9.17, 15) is 4.79 Å². The quantitative estimate of drug-likeness (QED) is 0.861. The number of hydrogen-bond donors (Lipinski definition) is 2. The second-order valence-corrected chi connectivity index (χ2v) is 4.77. The lowest BCUT2D eigenvalue weighted by atomic mass is 10.2. The molecule has 2 rings (SSSR count). The van der Waals surface area contributed by atoms with Gasteiger partial charge in [0.1, 0.15) is 6.54 Å². The van der Waals surface area contributed by atoms with Crippen LogP contribution in [-0.2, 0) is 11.3 Å². The summed E-state index contributed by atoms with van der Waals surface area (Å²) in [7, 11) is 0. The predicted molar refractivity (Wildman–Crippen MR) is 72.2 cm³/mol. The average molecular weight is 246 g/mol. The highest BCUT2D eigenvalue weighted by Gasteiger charge is 2.12. The number of carbonyl (C=O) groups excluding carboxylic acids is 1. The Kier molecular flexibility index (Phi) is 3.23. The number of aromatic nitrogens is 2. The zero-order chi connectivity index (χ0) is 13.3. The van der Waals surface area contributed by atoms with E-state index >= 15 is 0 Å². The molecule has 0 aliphatic carbocycles. The molecule has 0 radical (unpaired) electrons. The van der Waals surface area contributed by atoms with Crippen molar-refractivity contribution in [2.24, 2.45) is 0 Å². The van der Waals surface area contributed by atoms with Crippen LogP contribution in [0.25, 0.3) is 11.0 Å². The van der Waals surface area contributed by atoms with Crippen LogP contribution >= 0.6 is 0 Å². The highest BCUT2D eigenvalue weighted by Crippen LogP contribution is 2.18. The Morgan fingerprint density at radius 3 is 2.89 bits per heavy atom. The Morgan fingerprint density at radius 1 is 1.50 bits per heavy atom. The molecule has 0 saturated carbocycles. The molecule has 0 aliphatic heterocycles. The number of imidazole rings is 1. The monoisotopic (exact) mass is 246 g/mol. The third-order valence-corrected chi connectivity index (χ3v) is 2.68. The zero-order valence-electron chi connectivity index (χ0n) is 10.9. The van der Waals surface area contributed by atoms with Crippen LogP contribution in [0, 0.1) is 6.92 Å². The zero-order valence-corrected chi connectivity index (χ0v) is 10.9. The van der Waals surface area contributed by atoms with Crippen molar-refractivity contribution >= 4 is 22.9 Å². The molecule has 1 aromatic carbocycles. The molecule has 0 saturated heterocycles. The third kappa shape index (κ3) is 2.45. The number of nitrogens with one attached hydrogen (secondary N) is 1. The van der Waals surface area contributed by atoms with Gasteiger partial charge in [0.25, 0.3) is 0 Å². The minimum atomic E-state index is -0.0587. The van der Waals surface area contributed by atoms with Gasteiger partial charge in [0.05, 0.1) is 11.0 Å². The molecule has 1 amide bonds. The van der Waals surface area contributed by atoms with E-state index in [0.29, 0.717) is 5.95 Å². The second-order valence-electron chi connectivity index (χ2n) is 4.77. The maximum atomic E-state index is 11.8. The fraction of sp³-hybridized carbons (Fsp3) is 0.385. The molecule has 3 N–H and O–H groups in total. The van der Waals surface area contributed by atoms with Gasteiger partial charge in [-0.1, -0.05) is 6.07 Å². The SMILES string of the molecule is Cc1ccc2c(c1)nc(N)n2CC(=O)NC(C)C. The molecular weight excluding hydrogens is 228 g/mol. The highest BCUT2D eigenvalue weighted by molar-refractivity contribution is 5.83. The van der Waals surface area contributed by atoms with Gasteiger partial charge in [0.2, 0.25) is 11.9 Å². The van der Waals surface area contributed by atoms with Crippen LogP contribution in [-0.4, -0.2) is 21.5 Å². The van der Waals surface area contributed by atoms with Gasteiger partial charge in [-0.2, -0.15) is 0 Å². The normalized spacial score (nSPS) is 11.1. The summed E-state index contributed by atoms with van der Waals surface area (Å²) in [5, 5.41) is 2.84. The highest BCUT2D eigenvalue weighted by atomic mass is 16.2. The predicted octanol–water partition coefficient (Wildman–Crippen LogP) is 1.45. The molecule has 0 atom stereocenters. The number of benzene rings is 1. The third-order valence-electron chi connectivity index (χ3n) is 2.68. The molecule has 0 spiro atoms. The molecule has 0 bridgehead atoms. The number of rotatable bonds is 3. The first-order chi connectivity index (χ1) is 8.47. The molecule has 0 unspecified atom stereocenters. The van der Waals surface area contributed by atoms with Crippen LogP contribution < -0.4 is 11.1 Å². The fourth-order valence-electron chi connectivity index (χ4n) is 1.94. The number of aryl methyl sites for hydroxylation is 1. The molecule has 0 aliphatic rings. The van der Waals surface area contributed by atoms with Crippen LogP contribution in [0.1, 0.15) is 19.4 Å². The van der Waals surface area contributed by atoms with Gasteiger partial charge < -0.3 is 15.6 Å². The van der Waals surface area contributed by atoms with Crippen LogP contribution in [0.3, 0.4) is 0 Å². The molecule has 1 heterocycles. The summed E-state index contributed by atoms with van der Waals surface area (Å²) in [6.07, 6.45) is 0. The number of nitrogens with zero attached hydrogens (tertiary/aromatic N) is 2. The first-order valence-corrected chi connectivity index (χ1v) is 5.99. The molecule has 1 aromatic heterocycles. The average Bonchev–Trinajstić information content (AvgIpc) is 2.53. The Labute approximate surface area is 106 Å². The maximum Gasteiger partial charge on any atom is 0.240 e. The molecule has 96 valence electrons. The first-order valence-electron chi connectivity index (χ1n) is 5.99. The van der Waals surface area contributed by atoms with Crippen molar-refractivity contribution in [3.05, 3.63) is 23.8 Å². The van der Waals surface area contributed by atoms with Crippen LogP contribution in [0.15, 0.2) is 18.2 Å². The van der Waals surface area contributed by atoms with Gasteiger partial charge >= 0.3 is 0 Å². The van der Waals surface area contributed by atoms with E-state index in [1.807, 2.05) is 39.0 Å². The second kappa shape index (κ2) is 4.68. The number of carbonyl (C=O) groups is 1. The van der Waals surface area contributed by atoms with E-state index in [0.717, 1.165) is 16.6 Å². The van der Waals surface area contributed by atoms with Crippen molar-refractivity contribution < 1.29 is 4.79 Å².